The Morgan fingerprint density at radius 1 is 0.909 bits per heavy atom. The van der Waals surface area contributed by atoms with Gasteiger partial charge in [-0.05, 0) is 35.9 Å². The zero-order valence-corrected chi connectivity index (χ0v) is 18.4. The van der Waals surface area contributed by atoms with Gasteiger partial charge < -0.3 is 0 Å². The average molecular weight is 489 g/mol. The first-order chi connectivity index (χ1) is 15.7. The summed E-state index contributed by atoms with van der Waals surface area (Å²) in [4.78, 5) is 34.9. The van der Waals surface area contributed by atoms with Crippen LogP contribution in [0.2, 0.25) is 5.02 Å². The summed E-state index contributed by atoms with van der Waals surface area (Å²) in [5, 5.41) is 11.2. The van der Waals surface area contributed by atoms with Gasteiger partial charge in [0.05, 0.1) is 9.82 Å². The molecule has 0 spiro atoms. The number of rotatable bonds is 7. The Hall–Kier alpha value is -3.80. The van der Waals surface area contributed by atoms with Crippen LogP contribution >= 0.6 is 11.6 Å². The number of amides is 2. The van der Waals surface area contributed by atoms with Gasteiger partial charge in [0.25, 0.3) is 17.5 Å². The number of nitro benzene ring substituents is 1. The first kappa shape index (κ1) is 23.9. The Morgan fingerprint density at radius 2 is 1.61 bits per heavy atom. The molecule has 0 atom stereocenters. The number of nitro groups is 1. The van der Waals surface area contributed by atoms with Gasteiger partial charge in [-0.25, -0.2) is 13.1 Å². The van der Waals surface area contributed by atoms with Gasteiger partial charge in [0.15, 0.2) is 0 Å². The van der Waals surface area contributed by atoms with Crippen molar-refractivity contribution in [3.05, 3.63) is 105 Å². The van der Waals surface area contributed by atoms with E-state index in [0.717, 1.165) is 23.8 Å². The van der Waals surface area contributed by atoms with Crippen LogP contribution in [0.4, 0.5) is 5.69 Å². The van der Waals surface area contributed by atoms with Gasteiger partial charge >= 0.3 is 0 Å². The fourth-order valence-corrected chi connectivity index (χ4v) is 3.99. The second kappa shape index (κ2) is 10.2. The van der Waals surface area contributed by atoms with Crippen LogP contribution in [0, 0.1) is 10.1 Å². The smallest absolute Gasteiger partial charge is 0.267 e. The highest BCUT2D eigenvalue weighted by atomic mass is 35.5. The van der Waals surface area contributed by atoms with Gasteiger partial charge in [-0.2, -0.15) is 0 Å². The third-order valence-electron chi connectivity index (χ3n) is 4.41. The molecule has 2 amide bonds. The highest BCUT2D eigenvalue weighted by molar-refractivity contribution is 7.89. The summed E-state index contributed by atoms with van der Waals surface area (Å²) in [6, 6.07) is 17.5. The van der Waals surface area contributed by atoms with Crippen molar-refractivity contribution in [2.24, 2.45) is 0 Å². The van der Waals surface area contributed by atoms with Gasteiger partial charge in [-0.1, -0.05) is 48.0 Å². The number of halogens is 1. The van der Waals surface area contributed by atoms with E-state index in [9.17, 15) is 28.1 Å². The molecule has 0 unspecified atom stereocenters. The fourth-order valence-electron chi connectivity index (χ4n) is 2.76. The van der Waals surface area contributed by atoms with Crippen LogP contribution in [0.5, 0.6) is 0 Å². The summed E-state index contributed by atoms with van der Waals surface area (Å²) >= 11 is 5.72. The lowest BCUT2D eigenvalue weighted by Crippen LogP contribution is -2.41. The minimum Gasteiger partial charge on any atom is -0.267 e. The Kier molecular flexibility index (Phi) is 7.38. The van der Waals surface area contributed by atoms with E-state index in [1.54, 1.807) is 24.3 Å². The zero-order chi connectivity index (χ0) is 24.0. The van der Waals surface area contributed by atoms with E-state index in [2.05, 4.69) is 15.6 Å². The van der Waals surface area contributed by atoms with Crippen molar-refractivity contribution in [1.29, 1.82) is 0 Å². The molecule has 3 N–H and O–H groups in total. The molecule has 0 fully saturated rings. The van der Waals surface area contributed by atoms with Crippen LogP contribution in [0.3, 0.4) is 0 Å². The van der Waals surface area contributed by atoms with Crippen molar-refractivity contribution in [2.75, 3.05) is 0 Å². The van der Waals surface area contributed by atoms with Crippen molar-refractivity contribution in [1.82, 2.24) is 15.6 Å². The summed E-state index contributed by atoms with van der Waals surface area (Å²) in [5.74, 6) is -1.76. The van der Waals surface area contributed by atoms with E-state index < -0.39 is 32.4 Å². The average Bonchev–Trinajstić information content (AvgIpc) is 2.81. The summed E-state index contributed by atoms with van der Waals surface area (Å²) in [5.41, 5.74) is 4.03. The normalized spacial score (nSPS) is 10.9. The lowest BCUT2D eigenvalue weighted by Gasteiger charge is -2.10. The van der Waals surface area contributed by atoms with Crippen LogP contribution in [0.1, 0.15) is 26.3 Å². The molecular formula is C21H17ClN4O6S. The Labute approximate surface area is 193 Å². The molecule has 0 aromatic heterocycles. The van der Waals surface area contributed by atoms with Gasteiger partial charge in [-0.3, -0.25) is 30.6 Å². The van der Waals surface area contributed by atoms with Crippen molar-refractivity contribution in [3.8, 4) is 0 Å². The molecule has 0 bridgehead atoms. The summed E-state index contributed by atoms with van der Waals surface area (Å²) in [7, 11) is -3.91. The first-order valence-corrected chi connectivity index (χ1v) is 11.2. The second-order valence-electron chi connectivity index (χ2n) is 6.66. The maximum Gasteiger partial charge on any atom is 0.283 e. The standard InChI is InChI=1S/C21H17ClN4O6S/c22-16-9-10-18(19(12-16)26(29)30)21(28)25-24-20(27)15-7-4-8-17(11-15)33(31,32)23-13-14-5-2-1-3-6-14/h1-12,23H,13H2,(H,24,27)(H,25,28). The topological polar surface area (TPSA) is 148 Å². The van der Waals surface area contributed by atoms with Gasteiger partial charge in [0, 0.05) is 23.2 Å². The SMILES string of the molecule is O=C(NNC(=O)c1ccc(Cl)cc1[N+](=O)[O-])c1cccc(S(=O)(=O)NCc2ccccc2)c1. The van der Waals surface area contributed by atoms with E-state index in [4.69, 9.17) is 11.6 Å². The predicted octanol–water partition coefficient (Wildman–Crippen LogP) is 2.80. The molecule has 0 saturated heterocycles. The zero-order valence-electron chi connectivity index (χ0n) is 16.8. The molecule has 0 heterocycles. The maximum absolute atomic E-state index is 12.6. The Balaban J connectivity index is 1.68. The van der Waals surface area contributed by atoms with Crippen LogP contribution in [0.25, 0.3) is 0 Å². The lowest BCUT2D eigenvalue weighted by atomic mass is 10.1. The van der Waals surface area contributed by atoms with Crippen molar-refractivity contribution in [3.63, 3.8) is 0 Å². The molecule has 3 rings (SSSR count). The molecule has 3 aromatic carbocycles. The molecule has 0 aliphatic heterocycles. The Bertz CT molecular complexity index is 1320. The summed E-state index contributed by atoms with van der Waals surface area (Å²) < 4.78 is 27.6. The first-order valence-electron chi connectivity index (χ1n) is 9.35. The van der Waals surface area contributed by atoms with Crippen LogP contribution in [-0.4, -0.2) is 25.2 Å². The number of benzene rings is 3. The van der Waals surface area contributed by atoms with Gasteiger partial charge in [0.1, 0.15) is 5.56 Å². The maximum atomic E-state index is 12.6. The number of sulfonamides is 1. The highest BCUT2D eigenvalue weighted by Gasteiger charge is 2.21. The number of carbonyl (C=O) groups excluding carboxylic acids is 2. The second-order valence-corrected chi connectivity index (χ2v) is 8.87. The summed E-state index contributed by atoms with van der Waals surface area (Å²) in [6.45, 7) is 0.0650. The fraction of sp³-hybridized carbons (Fsp3) is 0.0476. The molecule has 0 aliphatic rings. The molecule has 0 saturated carbocycles. The molecular weight excluding hydrogens is 472 g/mol. The minimum atomic E-state index is -3.91. The third kappa shape index (κ3) is 6.13. The number of nitrogens with one attached hydrogen (secondary N) is 3. The molecule has 170 valence electrons. The van der Waals surface area contributed by atoms with Crippen LogP contribution in [-0.2, 0) is 16.6 Å². The predicted molar refractivity (Wildman–Crippen MR) is 120 cm³/mol. The number of hydrogen-bond donors (Lipinski definition) is 3. The highest BCUT2D eigenvalue weighted by Crippen LogP contribution is 2.23. The quantitative estimate of drug-likeness (QED) is 0.344. The van der Waals surface area contributed by atoms with Crippen molar-refractivity contribution in [2.45, 2.75) is 11.4 Å². The molecule has 33 heavy (non-hydrogen) atoms. The Morgan fingerprint density at radius 3 is 2.30 bits per heavy atom. The number of hydrogen-bond acceptors (Lipinski definition) is 6. The van der Waals surface area contributed by atoms with Crippen LogP contribution in [0.15, 0.2) is 77.7 Å². The molecule has 0 aliphatic carbocycles. The number of hydrazine groups is 1. The molecule has 12 heteroatoms. The lowest BCUT2D eigenvalue weighted by molar-refractivity contribution is -0.385. The molecule has 10 nitrogen and oxygen atoms in total. The third-order valence-corrected chi connectivity index (χ3v) is 6.04. The largest absolute Gasteiger partial charge is 0.283 e. The van der Waals surface area contributed by atoms with Gasteiger partial charge in [-0.15, -0.1) is 0 Å². The monoisotopic (exact) mass is 488 g/mol. The molecule has 0 radical (unpaired) electrons. The van der Waals surface area contributed by atoms with Crippen molar-refractivity contribution >= 4 is 39.1 Å². The number of carbonyl (C=O) groups is 2. The minimum absolute atomic E-state index is 0.0523. The van der Waals surface area contributed by atoms with E-state index in [-0.39, 0.29) is 27.6 Å². The number of nitrogens with zero attached hydrogens (tertiary/aromatic N) is 1. The van der Waals surface area contributed by atoms with Crippen LogP contribution < -0.4 is 15.6 Å². The van der Waals surface area contributed by atoms with E-state index in [0.29, 0.717) is 0 Å². The van der Waals surface area contributed by atoms with E-state index >= 15 is 0 Å². The summed E-state index contributed by atoms with van der Waals surface area (Å²) in [6.07, 6.45) is 0. The van der Waals surface area contributed by atoms with Gasteiger partial charge in [0.2, 0.25) is 10.0 Å². The molecule has 3 aromatic rings. The van der Waals surface area contributed by atoms with Crippen molar-refractivity contribution < 1.29 is 22.9 Å². The van der Waals surface area contributed by atoms with E-state index in [1.165, 1.54) is 24.3 Å². The van der Waals surface area contributed by atoms with E-state index in [1.807, 2.05) is 6.07 Å².